The maximum Gasteiger partial charge on any atom is 0.0168 e. The van der Waals surface area contributed by atoms with Crippen molar-refractivity contribution in [3.8, 4) is 0 Å². The van der Waals surface area contributed by atoms with E-state index in [1.165, 1.54) is 5.75 Å². The molecule has 0 fully saturated rings. The minimum absolute atomic E-state index is 0.420. The zero-order valence-electron chi connectivity index (χ0n) is 5.69. The Hall–Kier alpha value is 0.0900. The molecule has 0 bridgehead atoms. The van der Waals surface area contributed by atoms with Crippen molar-refractivity contribution in [1.82, 2.24) is 0 Å². The van der Waals surface area contributed by atoms with Gasteiger partial charge >= 0.3 is 0 Å². The predicted molar refractivity (Wildman–Crippen MR) is 40.0 cm³/mol. The van der Waals surface area contributed by atoms with Gasteiger partial charge in [-0.2, -0.15) is 0 Å². The van der Waals surface area contributed by atoms with E-state index in [0.717, 1.165) is 0 Å². The summed E-state index contributed by atoms with van der Waals surface area (Å²) in [6, 6.07) is 0. The van der Waals surface area contributed by atoms with Gasteiger partial charge in [0.1, 0.15) is 0 Å². The summed E-state index contributed by atoms with van der Waals surface area (Å²) in [5.41, 5.74) is 0.420. The number of hydrogen-bond donors (Lipinski definition) is 0. The van der Waals surface area contributed by atoms with Crippen LogP contribution in [-0.4, -0.2) is 5.75 Å². The van der Waals surface area contributed by atoms with Crippen molar-refractivity contribution in [1.29, 1.82) is 0 Å². The Morgan fingerprint density at radius 1 is 1.50 bits per heavy atom. The second-order valence-electron chi connectivity index (χ2n) is 3.13. The second-order valence-corrected chi connectivity index (χ2v) is 4.19. The summed E-state index contributed by atoms with van der Waals surface area (Å²) in [4.78, 5) is 1.55. The van der Waals surface area contributed by atoms with Crippen LogP contribution in [0.4, 0.5) is 0 Å². The van der Waals surface area contributed by atoms with Crippen molar-refractivity contribution < 1.29 is 0 Å². The molecule has 0 aromatic heterocycles. The first kappa shape index (κ1) is 6.21. The van der Waals surface area contributed by atoms with Gasteiger partial charge in [0.15, 0.2) is 0 Å². The highest BCUT2D eigenvalue weighted by molar-refractivity contribution is 8.04. The highest BCUT2D eigenvalue weighted by atomic mass is 32.2. The fraction of sp³-hybridized carbons (Fsp3) is 0.714. The van der Waals surface area contributed by atoms with Crippen LogP contribution in [0.5, 0.6) is 0 Å². The molecule has 46 valence electrons. The predicted octanol–water partition coefficient (Wildman–Crippen LogP) is 2.66. The smallest absolute Gasteiger partial charge is 0.0168 e. The Morgan fingerprint density at radius 3 is 2.00 bits per heavy atom. The van der Waals surface area contributed by atoms with Crippen LogP contribution in [0, 0.1) is 5.41 Å². The molecule has 1 heteroatoms. The molecular formula is C7H12S. The fourth-order valence-corrected chi connectivity index (χ4v) is 1.46. The van der Waals surface area contributed by atoms with Crippen LogP contribution in [0.15, 0.2) is 11.0 Å². The molecule has 0 aromatic carbocycles. The number of allylic oxidation sites excluding steroid dienone is 1. The molecule has 0 spiro atoms. The van der Waals surface area contributed by atoms with Crippen molar-refractivity contribution in [3.63, 3.8) is 0 Å². The summed E-state index contributed by atoms with van der Waals surface area (Å²) in [5, 5.41) is 0. The second kappa shape index (κ2) is 1.80. The standard InChI is InChI=1S/C7H12S/c1-7(2,3)6-4-5-8-6/h4H,5H2,1-3H3. The SMILES string of the molecule is CC(C)(C)C1=CCS1. The first-order valence-electron chi connectivity index (χ1n) is 2.94. The van der Waals surface area contributed by atoms with Crippen LogP contribution in [0.25, 0.3) is 0 Å². The quantitative estimate of drug-likeness (QED) is 0.483. The van der Waals surface area contributed by atoms with Crippen molar-refractivity contribution in [2.75, 3.05) is 5.75 Å². The maximum absolute atomic E-state index is 2.31. The van der Waals surface area contributed by atoms with E-state index in [4.69, 9.17) is 0 Å². The molecule has 1 heterocycles. The molecule has 0 saturated heterocycles. The minimum atomic E-state index is 0.420. The van der Waals surface area contributed by atoms with Gasteiger partial charge in [-0.3, -0.25) is 0 Å². The lowest BCUT2D eigenvalue weighted by Gasteiger charge is -2.27. The van der Waals surface area contributed by atoms with Crippen LogP contribution in [-0.2, 0) is 0 Å². The summed E-state index contributed by atoms with van der Waals surface area (Å²) in [6.45, 7) is 6.76. The highest BCUT2D eigenvalue weighted by Crippen LogP contribution is 2.40. The van der Waals surface area contributed by atoms with Crippen LogP contribution >= 0.6 is 11.8 Å². The van der Waals surface area contributed by atoms with Gasteiger partial charge in [-0.25, -0.2) is 0 Å². The topological polar surface area (TPSA) is 0 Å². The van der Waals surface area contributed by atoms with E-state index in [1.807, 2.05) is 11.8 Å². The van der Waals surface area contributed by atoms with Crippen LogP contribution in [0.1, 0.15) is 20.8 Å². The number of rotatable bonds is 0. The largest absolute Gasteiger partial charge is 0.126 e. The van der Waals surface area contributed by atoms with E-state index < -0.39 is 0 Å². The molecule has 0 N–H and O–H groups in total. The Morgan fingerprint density at radius 2 is 2.00 bits per heavy atom. The Labute approximate surface area is 55.4 Å². The molecule has 0 atom stereocenters. The lowest BCUT2D eigenvalue weighted by molar-refractivity contribution is 0.530. The van der Waals surface area contributed by atoms with Crippen LogP contribution < -0.4 is 0 Å². The Balaban J connectivity index is 2.59. The van der Waals surface area contributed by atoms with E-state index in [1.54, 1.807) is 4.91 Å². The van der Waals surface area contributed by atoms with Gasteiger partial charge in [-0.1, -0.05) is 26.8 Å². The summed E-state index contributed by atoms with van der Waals surface area (Å²) in [7, 11) is 0. The molecule has 0 saturated carbocycles. The molecule has 0 aromatic rings. The minimum Gasteiger partial charge on any atom is -0.126 e. The third-order valence-corrected chi connectivity index (χ3v) is 2.67. The van der Waals surface area contributed by atoms with E-state index >= 15 is 0 Å². The normalized spacial score (nSPS) is 19.6. The summed E-state index contributed by atoms with van der Waals surface area (Å²) < 4.78 is 0. The van der Waals surface area contributed by atoms with Crippen molar-refractivity contribution in [3.05, 3.63) is 11.0 Å². The third kappa shape index (κ3) is 1.08. The third-order valence-electron chi connectivity index (χ3n) is 1.25. The molecule has 0 amide bonds. The van der Waals surface area contributed by atoms with Gasteiger partial charge in [-0.15, -0.1) is 11.8 Å². The van der Waals surface area contributed by atoms with E-state index in [0.29, 0.717) is 5.41 Å². The fourth-order valence-electron chi connectivity index (χ4n) is 0.689. The van der Waals surface area contributed by atoms with Crippen molar-refractivity contribution >= 4 is 11.8 Å². The van der Waals surface area contributed by atoms with Gasteiger partial charge in [0.25, 0.3) is 0 Å². The van der Waals surface area contributed by atoms with Crippen molar-refractivity contribution in [2.24, 2.45) is 5.41 Å². The lowest BCUT2D eigenvalue weighted by Crippen LogP contribution is -2.11. The molecule has 0 aliphatic carbocycles. The summed E-state index contributed by atoms with van der Waals surface area (Å²) >= 11 is 1.97. The Bertz CT molecular complexity index is 117. The van der Waals surface area contributed by atoms with Crippen LogP contribution in [0.2, 0.25) is 0 Å². The highest BCUT2D eigenvalue weighted by Gasteiger charge is 2.20. The first-order valence-corrected chi connectivity index (χ1v) is 3.93. The van der Waals surface area contributed by atoms with E-state index in [9.17, 15) is 0 Å². The Kier molecular flexibility index (Phi) is 1.40. The maximum atomic E-state index is 2.31. The average Bonchev–Trinajstić information content (AvgIpc) is 1.16. The summed E-state index contributed by atoms with van der Waals surface area (Å²) in [5.74, 6) is 1.23. The van der Waals surface area contributed by atoms with Crippen molar-refractivity contribution in [2.45, 2.75) is 20.8 Å². The van der Waals surface area contributed by atoms with Gasteiger partial charge in [-0.05, 0) is 10.3 Å². The average molecular weight is 128 g/mol. The number of hydrogen-bond acceptors (Lipinski definition) is 1. The monoisotopic (exact) mass is 128 g/mol. The lowest BCUT2D eigenvalue weighted by atomic mass is 9.96. The molecule has 0 nitrogen and oxygen atoms in total. The number of thioether (sulfide) groups is 1. The van der Waals surface area contributed by atoms with Crippen LogP contribution in [0.3, 0.4) is 0 Å². The van der Waals surface area contributed by atoms with Gasteiger partial charge in [0.2, 0.25) is 0 Å². The van der Waals surface area contributed by atoms with Gasteiger partial charge < -0.3 is 0 Å². The molecule has 1 rings (SSSR count). The van der Waals surface area contributed by atoms with E-state index in [2.05, 4.69) is 26.8 Å². The summed E-state index contributed by atoms with van der Waals surface area (Å²) in [6.07, 6.45) is 2.31. The zero-order chi connectivity index (χ0) is 6.20. The van der Waals surface area contributed by atoms with Gasteiger partial charge in [0.05, 0.1) is 0 Å². The zero-order valence-corrected chi connectivity index (χ0v) is 6.51. The van der Waals surface area contributed by atoms with Gasteiger partial charge in [0, 0.05) is 5.75 Å². The van der Waals surface area contributed by atoms with E-state index in [-0.39, 0.29) is 0 Å². The molecular weight excluding hydrogens is 116 g/mol. The first-order chi connectivity index (χ1) is 3.61. The molecule has 1 aliphatic heterocycles. The molecule has 0 radical (unpaired) electrons. The molecule has 8 heavy (non-hydrogen) atoms. The molecule has 1 aliphatic rings. The molecule has 0 unspecified atom stereocenters.